The molecule has 0 radical (unpaired) electrons. The van der Waals surface area contributed by atoms with Crippen LogP contribution in [0.25, 0.3) is 10.6 Å². The maximum atomic E-state index is 12.5. The molecule has 0 saturated carbocycles. The highest BCUT2D eigenvalue weighted by molar-refractivity contribution is 7.13. The Morgan fingerprint density at radius 1 is 1.10 bits per heavy atom. The molecule has 0 bridgehead atoms. The molecule has 0 aliphatic heterocycles. The Morgan fingerprint density at radius 2 is 1.80 bits per heavy atom. The summed E-state index contributed by atoms with van der Waals surface area (Å²) in [5, 5.41) is 14.1. The van der Waals surface area contributed by atoms with Crippen LogP contribution in [0.4, 0.5) is 5.69 Å². The van der Waals surface area contributed by atoms with Crippen molar-refractivity contribution < 1.29 is 19.4 Å². The highest BCUT2D eigenvalue weighted by atomic mass is 32.1. The summed E-state index contributed by atoms with van der Waals surface area (Å²) in [6.07, 6.45) is 0.540. The molecule has 3 rings (SSSR count). The lowest BCUT2D eigenvalue weighted by Crippen LogP contribution is -2.12. The van der Waals surface area contributed by atoms with Gasteiger partial charge in [-0.2, -0.15) is 0 Å². The van der Waals surface area contributed by atoms with Crippen LogP contribution < -0.4 is 10.1 Å². The molecule has 1 amide bonds. The lowest BCUT2D eigenvalue weighted by molar-refractivity contribution is -0.136. The minimum absolute atomic E-state index is 0.0815. The first-order valence-corrected chi connectivity index (χ1v) is 10.6. The Kier molecular flexibility index (Phi) is 7.19. The van der Waals surface area contributed by atoms with Gasteiger partial charge in [0.2, 0.25) is 0 Å². The first-order chi connectivity index (χ1) is 14.4. The lowest BCUT2D eigenvalue weighted by atomic mass is 10.1. The third kappa shape index (κ3) is 6.15. The molecule has 30 heavy (non-hydrogen) atoms. The van der Waals surface area contributed by atoms with Crippen molar-refractivity contribution in [3.05, 3.63) is 65.2 Å². The summed E-state index contributed by atoms with van der Waals surface area (Å²) in [5.41, 5.74) is 2.83. The van der Waals surface area contributed by atoms with E-state index in [4.69, 9.17) is 9.84 Å². The van der Waals surface area contributed by atoms with Crippen LogP contribution in [0.15, 0.2) is 53.9 Å². The van der Waals surface area contributed by atoms with Gasteiger partial charge in [0.1, 0.15) is 16.5 Å². The van der Waals surface area contributed by atoms with Crippen LogP contribution in [0, 0.1) is 5.92 Å². The Balaban J connectivity index is 1.60. The average Bonchev–Trinajstić information content (AvgIpc) is 3.22. The molecule has 0 spiro atoms. The second kappa shape index (κ2) is 10.0. The molecule has 0 atom stereocenters. The van der Waals surface area contributed by atoms with Crippen LogP contribution in [-0.2, 0) is 11.2 Å². The van der Waals surface area contributed by atoms with Crippen LogP contribution in [0.2, 0.25) is 0 Å². The molecule has 2 N–H and O–H groups in total. The van der Waals surface area contributed by atoms with E-state index in [-0.39, 0.29) is 12.3 Å². The van der Waals surface area contributed by atoms with E-state index in [2.05, 4.69) is 24.1 Å². The number of aromatic nitrogens is 1. The van der Waals surface area contributed by atoms with Crippen molar-refractivity contribution in [3.8, 4) is 16.3 Å². The van der Waals surface area contributed by atoms with Crippen molar-refractivity contribution in [1.29, 1.82) is 0 Å². The quantitative estimate of drug-likeness (QED) is 0.498. The summed E-state index contributed by atoms with van der Waals surface area (Å²) in [5.74, 6) is 0.163. The fraction of sp³-hybridized carbons (Fsp3) is 0.261. The van der Waals surface area contributed by atoms with E-state index in [9.17, 15) is 9.59 Å². The Hall–Kier alpha value is -3.19. The van der Waals surface area contributed by atoms with Gasteiger partial charge in [0, 0.05) is 23.1 Å². The van der Waals surface area contributed by atoms with Gasteiger partial charge < -0.3 is 15.2 Å². The van der Waals surface area contributed by atoms with Crippen LogP contribution in [0.3, 0.4) is 0 Å². The number of anilines is 1. The number of aryl methyl sites for hydroxylation is 1. The van der Waals surface area contributed by atoms with E-state index in [1.807, 2.05) is 36.4 Å². The predicted octanol–water partition coefficient (Wildman–Crippen LogP) is 5.11. The molecule has 7 heteroatoms. The molecule has 6 nitrogen and oxygen atoms in total. The fourth-order valence-electron chi connectivity index (χ4n) is 2.67. The molecular weight excluding hydrogens is 400 g/mol. The SMILES string of the molecule is CC(C)COc1ccc(-c2nc(C(=O)Nc3ccc(CCC(=O)O)cc3)cs2)cc1. The molecule has 1 heterocycles. The second-order valence-corrected chi connectivity index (χ2v) is 8.17. The number of ether oxygens (including phenoxy) is 1. The normalized spacial score (nSPS) is 10.8. The molecule has 0 aliphatic rings. The Bertz CT molecular complexity index is 995. The van der Waals surface area contributed by atoms with Crippen LogP contribution in [0.1, 0.15) is 36.3 Å². The van der Waals surface area contributed by atoms with Crippen molar-refractivity contribution in [2.45, 2.75) is 26.7 Å². The number of rotatable bonds is 9. The molecule has 156 valence electrons. The van der Waals surface area contributed by atoms with Gasteiger partial charge in [0.25, 0.3) is 5.91 Å². The van der Waals surface area contributed by atoms with E-state index < -0.39 is 5.97 Å². The zero-order valence-electron chi connectivity index (χ0n) is 16.9. The van der Waals surface area contributed by atoms with Crippen molar-refractivity contribution in [3.63, 3.8) is 0 Å². The van der Waals surface area contributed by atoms with Gasteiger partial charge in [-0.25, -0.2) is 4.98 Å². The minimum Gasteiger partial charge on any atom is -0.493 e. The zero-order chi connectivity index (χ0) is 21.5. The van der Waals surface area contributed by atoms with E-state index in [0.717, 1.165) is 21.9 Å². The summed E-state index contributed by atoms with van der Waals surface area (Å²) in [6, 6.07) is 14.8. The summed E-state index contributed by atoms with van der Waals surface area (Å²) < 4.78 is 5.69. The highest BCUT2D eigenvalue weighted by Crippen LogP contribution is 2.26. The molecule has 0 saturated heterocycles. The number of thiazole rings is 1. The molecular formula is C23H24N2O4S. The summed E-state index contributed by atoms with van der Waals surface area (Å²) in [4.78, 5) is 27.6. The number of hydrogen-bond acceptors (Lipinski definition) is 5. The predicted molar refractivity (Wildman–Crippen MR) is 118 cm³/mol. The number of carboxylic acid groups (broad SMARTS) is 1. The van der Waals surface area contributed by atoms with Gasteiger partial charge in [-0.05, 0) is 54.3 Å². The topological polar surface area (TPSA) is 88.5 Å². The molecule has 3 aromatic rings. The molecule has 2 aromatic carbocycles. The number of hydrogen-bond donors (Lipinski definition) is 2. The van der Waals surface area contributed by atoms with Crippen molar-refractivity contribution >= 4 is 28.9 Å². The maximum Gasteiger partial charge on any atom is 0.303 e. The first kappa shape index (κ1) is 21.5. The van der Waals surface area contributed by atoms with Crippen LogP contribution in [0.5, 0.6) is 5.75 Å². The van der Waals surface area contributed by atoms with Crippen molar-refractivity contribution in [2.75, 3.05) is 11.9 Å². The van der Waals surface area contributed by atoms with E-state index in [0.29, 0.717) is 30.3 Å². The largest absolute Gasteiger partial charge is 0.493 e. The summed E-state index contributed by atoms with van der Waals surface area (Å²) in [6.45, 7) is 4.87. The van der Waals surface area contributed by atoms with Crippen LogP contribution in [-0.4, -0.2) is 28.6 Å². The monoisotopic (exact) mass is 424 g/mol. The third-order valence-electron chi connectivity index (χ3n) is 4.26. The van der Waals surface area contributed by atoms with E-state index in [1.165, 1.54) is 11.3 Å². The van der Waals surface area contributed by atoms with Crippen molar-refractivity contribution in [1.82, 2.24) is 4.98 Å². The number of carbonyl (C=O) groups excluding carboxylic acids is 1. The van der Waals surface area contributed by atoms with Gasteiger partial charge >= 0.3 is 5.97 Å². The maximum absolute atomic E-state index is 12.5. The Morgan fingerprint density at radius 3 is 2.43 bits per heavy atom. The smallest absolute Gasteiger partial charge is 0.303 e. The summed E-state index contributed by atoms with van der Waals surface area (Å²) in [7, 11) is 0. The Labute approximate surface area is 179 Å². The number of aliphatic carboxylic acids is 1. The highest BCUT2D eigenvalue weighted by Gasteiger charge is 2.12. The lowest BCUT2D eigenvalue weighted by Gasteiger charge is -2.08. The van der Waals surface area contributed by atoms with Gasteiger partial charge in [-0.3, -0.25) is 9.59 Å². The molecule has 0 unspecified atom stereocenters. The van der Waals surface area contributed by atoms with Crippen LogP contribution >= 0.6 is 11.3 Å². The molecule has 1 aromatic heterocycles. The number of carbonyl (C=O) groups is 2. The van der Waals surface area contributed by atoms with Gasteiger partial charge in [-0.1, -0.05) is 26.0 Å². The number of benzene rings is 2. The van der Waals surface area contributed by atoms with Gasteiger partial charge in [-0.15, -0.1) is 11.3 Å². The molecule has 0 fully saturated rings. The first-order valence-electron chi connectivity index (χ1n) is 9.71. The average molecular weight is 425 g/mol. The molecule has 0 aliphatic carbocycles. The van der Waals surface area contributed by atoms with E-state index in [1.54, 1.807) is 17.5 Å². The summed E-state index contributed by atoms with van der Waals surface area (Å²) >= 11 is 1.41. The fourth-order valence-corrected chi connectivity index (χ4v) is 3.47. The van der Waals surface area contributed by atoms with Crippen molar-refractivity contribution in [2.24, 2.45) is 5.92 Å². The standard InChI is InChI=1S/C23H24N2O4S/c1-15(2)13-29-19-10-6-17(7-11-19)23-25-20(14-30-23)22(28)24-18-8-3-16(4-9-18)5-12-21(26)27/h3-4,6-11,14-15H,5,12-13H2,1-2H3,(H,24,28)(H,26,27). The second-order valence-electron chi connectivity index (χ2n) is 7.31. The van der Waals surface area contributed by atoms with Gasteiger partial charge in [0.05, 0.1) is 6.61 Å². The third-order valence-corrected chi connectivity index (χ3v) is 5.15. The number of nitrogens with one attached hydrogen (secondary N) is 1. The minimum atomic E-state index is -0.829. The van der Waals surface area contributed by atoms with E-state index >= 15 is 0 Å². The number of carboxylic acids is 1. The van der Waals surface area contributed by atoms with Gasteiger partial charge in [0.15, 0.2) is 0 Å². The number of nitrogens with zero attached hydrogens (tertiary/aromatic N) is 1. The number of amides is 1. The zero-order valence-corrected chi connectivity index (χ0v) is 17.7.